The van der Waals surface area contributed by atoms with E-state index in [1.165, 1.54) is 15.9 Å². The summed E-state index contributed by atoms with van der Waals surface area (Å²) in [6.45, 7) is 2.47. The molecule has 0 aromatic heterocycles. The molecule has 0 spiro atoms. The van der Waals surface area contributed by atoms with Crippen LogP contribution < -0.4 is 10.4 Å². The van der Waals surface area contributed by atoms with Crippen molar-refractivity contribution in [2.45, 2.75) is 19.0 Å². The fourth-order valence-corrected chi connectivity index (χ4v) is 6.92. The van der Waals surface area contributed by atoms with Crippen LogP contribution in [0.25, 0.3) is 0 Å². The van der Waals surface area contributed by atoms with Gasteiger partial charge in [-0.05, 0) is 24.1 Å². The lowest BCUT2D eigenvalue weighted by Gasteiger charge is -2.29. The highest BCUT2D eigenvalue weighted by Crippen LogP contribution is 2.21. The third-order valence-corrected chi connectivity index (χ3v) is 9.51. The second-order valence-electron chi connectivity index (χ2n) is 6.16. The molecular weight excluding hydrogens is 316 g/mol. The van der Waals surface area contributed by atoms with Crippen molar-refractivity contribution in [1.29, 1.82) is 0 Å². The first-order chi connectivity index (χ1) is 11.2. The van der Waals surface area contributed by atoms with Gasteiger partial charge in [0.25, 0.3) is 0 Å². The topological polar surface area (TPSA) is 0 Å². The first kappa shape index (κ1) is 16.0. The normalized spacial score (nSPS) is 11.4. The molecule has 2 heteroatoms. The van der Waals surface area contributed by atoms with E-state index < -0.39 is 8.07 Å². The van der Waals surface area contributed by atoms with Crippen molar-refractivity contribution in [3.63, 3.8) is 0 Å². The van der Waals surface area contributed by atoms with Gasteiger partial charge in [0.05, 0.1) is 0 Å². The van der Waals surface area contributed by atoms with Crippen molar-refractivity contribution in [3.05, 3.63) is 95.5 Å². The zero-order valence-corrected chi connectivity index (χ0v) is 15.1. The molecule has 0 aliphatic carbocycles. The highest BCUT2D eigenvalue weighted by Gasteiger charge is 2.31. The minimum atomic E-state index is -1.77. The summed E-state index contributed by atoms with van der Waals surface area (Å²) in [5, 5.41) is 3.85. The molecule has 116 valence electrons. The van der Waals surface area contributed by atoms with Gasteiger partial charge in [0.15, 0.2) is 0 Å². The average molecular weight is 337 g/mol. The lowest BCUT2D eigenvalue weighted by atomic mass is 10.2. The predicted octanol–water partition coefficient (Wildman–Crippen LogP) is 4.78. The first-order valence-electron chi connectivity index (χ1n) is 8.04. The fraction of sp³-hybridized carbons (Fsp3) is 0.143. The Bertz CT molecular complexity index is 714. The van der Waals surface area contributed by atoms with Gasteiger partial charge >= 0.3 is 0 Å². The summed E-state index contributed by atoms with van der Waals surface area (Å²) in [5.74, 6) is 0. The fourth-order valence-electron chi connectivity index (χ4n) is 3.15. The number of hydrogen-bond acceptors (Lipinski definition) is 0. The van der Waals surface area contributed by atoms with E-state index in [-0.39, 0.29) is 0 Å². The molecule has 0 nitrogen and oxygen atoms in total. The summed E-state index contributed by atoms with van der Waals surface area (Å²) in [6.07, 6.45) is 1.02. The molecule has 0 saturated heterocycles. The molecule has 3 rings (SSSR count). The predicted molar refractivity (Wildman–Crippen MR) is 104 cm³/mol. The Hall–Kier alpha value is -1.83. The molecule has 0 unspecified atom stereocenters. The summed E-state index contributed by atoms with van der Waals surface area (Å²) in [4.78, 5) is 0. The largest absolute Gasteiger partial charge is 0.115 e. The summed E-state index contributed by atoms with van der Waals surface area (Å²) in [6, 6.07) is 31.3. The van der Waals surface area contributed by atoms with Gasteiger partial charge in [-0.15, -0.1) is 0 Å². The smallest absolute Gasteiger partial charge is 0.0840 e. The molecule has 0 saturated carbocycles. The van der Waals surface area contributed by atoms with Gasteiger partial charge in [-0.25, -0.2) is 0 Å². The van der Waals surface area contributed by atoms with E-state index in [0.29, 0.717) is 0 Å². The van der Waals surface area contributed by atoms with E-state index in [4.69, 9.17) is 11.6 Å². The Kier molecular flexibility index (Phi) is 4.99. The van der Waals surface area contributed by atoms with Gasteiger partial charge in [-0.1, -0.05) is 107 Å². The molecule has 0 N–H and O–H groups in total. The standard InChI is InChI=1S/C21H21ClSi/c1-23(19-11-4-2-5-12-19,20-13-6-3-7-14-20)17-16-18-10-8-9-15-21(18)22/h2-15H,16-17H2,1H3. The van der Waals surface area contributed by atoms with Crippen LogP contribution in [0.4, 0.5) is 0 Å². The molecule has 0 atom stereocenters. The van der Waals surface area contributed by atoms with Crippen molar-refractivity contribution < 1.29 is 0 Å². The summed E-state index contributed by atoms with van der Waals surface area (Å²) in [7, 11) is -1.77. The van der Waals surface area contributed by atoms with Crippen molar-refractivity contribution in [2.24, 2.45) is 0 Å². The van der Waals surface area contributed by atoms with Crippen LogP contribution in [0, 0.1) is 0 Å². The van der Waals surface area contributed by atoms with Crippen molar-refractivity contribution >= 4 is 30.0 Å². The maximum Gasteiger partial charge on any atom is 0.115 e. The monoisotopic (exact) mass is 336 g/mol. The van der Waals surface area contributed by atoms with Crippen LogP contribution in [0.5, 0.6) is 0 Å². The third-order valence-electron chi connectivity index (χ3n) is 4.67. The number of halogens is 1. The molecule has 3 aromatic rings. The molecule has 0 heterocycles. The van der Waals surface area contributed by atoms with Crippen LogP contribution in [0.3, 0.4) is 0 Å². The van der Waals surface area contributed by atoms with Crippen molar-refractivity contribution in [1.82, 2.24) is 0 Å². The second kappa shape index (κ2) is 7.16. The lowest BCUT2D eigenvalue weighted by Crippen LogP contribution is -2.55. The number of hydrogen-bond donors (Lipinski definition) is 0. The van der Waals surface area contributed by atoms with Crippen LogP contribution in [0.2, 0.25) is 17.6 Å². The van der Waals surface area contributed by atoms with Gasteiger partial charge in [0.1, 0.15) is 8.07 Å². The Morgan fingerprint density at radius 1 is 0.696 bits per heavy atom. The van der Waals surface area contributed by atoms with Crippen molar-refractivity contribution in [2.75, 3.05) is 0 Å². The molecule has 0 radical (unpaired) electrons. The summed E-state index contributed by atoms with van der Waals surface area (Å²) in [5.41, 5.74) is 1.25. The average Bonchev–Trinajstić information content (AvgIpc) is 2.62. The first-order valence-corrected chi connectivity index (χ1v) is 11.1. The molecular formula is C21H21ClSi. The Morgan fingerprint density at radius 2 is 1.17 bits per heavy atom. The molecule has 0 bridgehead atoms. The maximum atomic E-state index is 6.36. The molecule has 23 heavy (non-hydrogen) atoms. The Balaban J connectivity index is 1.95. The zero-order valence-electron chi connectivity index (χ0n) is 13.4. The van der Waals surface area contributed by atoms with E-state index in [0.717, 1.165) is 17.5 Å². The molecule has 3 aromatic carbocycles. The molecule has 0 aliphatic rings. The number of benzene rings is 3. The van der Waals surface area contributed by atoms with Crippen LogP contribution in [-0.2, 0) is 6.42 Å². The van der Waals surface area contributed by atoms with Gasteiger partial charge in [-0.3, -0.25) is 0 Å². The van der Waals surface area contributed by atoms with E-state index in [1.807, 2.05) is 12.1 Å². The quantitative estimate of drug-likeness (QED) is 0.588. The number of rotatable bonds is 5. The minimum absolute atomic E-state index is 0.880. The van der Waals surface area contributed by atoms with Crippen LogP contribution in [-0.4, -0.2) is 8.07 Å². The molecule has 0 fully saturated rings. The third kappa shape index (κ3) is 3.57. The van der Waals surface area contributed by atoms with Gasteiger partial charge in [0.2, 0.25) is 0 Å². The van der Waals surface area contributed by atoms with Crippen LogP contribution in [0.15, 0.2) is 84.9 Å². The van der Waals surface area contributed by atoms with E-state index in [2.05, 4.69) is 79.3 Å². The summed E-state index contributed by atoms with van der Waals surface area (Å²) < 4.78 is 0. The Labute approximate surface area is 144 Å². The molecule has 0 aliphatic heterocycles. The Morgan fingerprint density at radius 3 is 1.70 bits per heavy atom. The van der Waals surface area contributed by atoms with Crippen LogP contribution >= 0.6 is 11.6 Å². The minimum Gasteiger partial charge on any atom is -0.0840 e. The highest BCUT2D eigenvalue weighted by molar-refractivity contribution is 7.01. The van der Waals surface area contributed by atoms with E-state index >= 15 is 0 Å². The summed E-state index contributed by atoms with van der Waals surface area (Å²) >= 11 is 6.36. The van der Waals surface area contributed by atoms with Gasteiger partial charge in [0, 0.05) is 5.02 Å². The molecule has 0 amide bonds. The SMILES string of the molecule is C[Si](CCc1ccccc1Cl)(c1ccccc1)c1ccccc1. The van der Waals surface area contributed by atoms with E-state index in [9.17, 15) is 0 Å². The highest BCUT2D eigenvalue weighted by atomic mass is 35.5. The second-order valence-corrected chi connectivity index (χ2v) is 10.9. The maximum absolute atomic E-state index is 6.36. The lowest BCUT2D eigenvalue weighted by molar-refractivity contribution is 1.11. The van der Waals surface area contributed by atoms with E-state index in [1.54, 1.807) is 0 Å². The van der Waals surface area contributed by atoms with Gasteiger partial charge < -0.3 is 0 Å². The number of aryl methyl sites for hydroxylation is 1. The van der Waals surface area contributed by atoms with Crippen LogP contribution in [0.1, 0.15) is 5.56 Å². The van der Waals surface area contributed by atoms with Gasteiger partial charge in [-0.2, -0.15) is 0 Å². The zero-order chi connectivity index (χ0) is 16.1. The van der Waals surface area contributed by atoms with Crippen molar-refractivity contribution in [3.8, 4) is 0 Å².